The predicted molar refractivity (Wildman–Crippen MR) is 105 cm³/mol. The van der Waals surface area contributed by atoms with Crippen LogP contribution in [-0.2, 0) is 0 Å². The third-order valence-electron chi connectivity index (χ3n) is 6.13. The first-order chi connectivity index (χ1) is 12.2. The lowest BCUT2D eigenvalue weighted by atomic mass is 9.81. The summed E-state index contributed by atoms with van der Waals surface area (Å²) in [5.41, 5.74) is 0.385. The molecule has 4 rings (SSSR count). The molecule has 3 aliphatic rings. The Labute approximate surface area is 155 Å². The van der Waals surface area contributed by atoms with Crippen molar-refractivity contribution in [1.29, 1.82) is 0 Å². The molecule has 0 bridgehead atoms. The maximum Gasteiger partial charge on any atom is 0.328 e. The summed E-state index contributed by atoms with van der Waals surface area (Å²) >= 11 is 5.92. The summed E-state index contributed by atoms with van der Waals surface area (Å²) < 4.78 is 0. The number of carbonyl (C=O) groups excluding carboxylic acids is 1. The first-order valence-corrected chi connectivity index (χ1v) is 10.1. The molecule has 3 fully saturated rings. The number of benzene rings is 1. The summed E-state index contributed by atoms with van der Waals surface area (Å²) in [6, 6.07) is 9.61. The van der Waals surface area contributed by atoms with E-state index in [2.05, 4.69) is 10.6 Å². The van der Waals surface area contributed by atoms with E-state index in [9.17, 15) is 4.79 Å². The minimum absolute atomic E-state index is 0.0759. The Morgan fingerprint density at radius 3 is 2.20 bits per heavy atom. The molecule has 0 aromatic heterocycles. The highest BCUT2D eigenvalue weighted by Gasteiger charge is 2.58. The molecule has 1 aromatic carbocycles. The second kappa shape index (κ2) is 6.69. The lowest BCUT2D eigenvalue weighted by Crippen LogP contribution is -2.58. The molecular formula is C20H27N3OS. The van der Waals surface area contributed by atoms with Crippen molar-refractivity contribution in [1.82, 2.24) is 10.2 Å². The third-order valence-corrected chi connectivity index (χ3v) is 6.70. The van der Waals surface area contributed by atoms with Crippen molar-refractivity contribution in [3.8, 4) is 0 Å². The van der Waals surface area contributed by atoms with Gasteiger partial charge in [-0.1, -0.05) is 56.1 Å². The second-order valence-corrected chi connectivity index (χ2v) is 8.18. The number of thiocarbonyl (C=S) groups is 1. The average Bonchev–Trinajstić information content (AvgIpc) is 2.84. The number of nitrogens with one attached hydrogen (secondary N) is 2. The molecule has 1 heterocycles. The van der Waals surface area contributed by atoms with E-state index in [1.807, 2.05) is 35.2 Å². The number of rotatable bonds is 1. The van der Waals surface area contributed by atoms with Crippen molar-refractivity contribution >= 4 is 28.9 Å². The van der Waals surface area contributed by atoms with Crippen LogP contribution in [0.25, 0.3) is 0 Å². The van der Waals surface area contributed by atoms with Gasteiger partial charge in [0, 0.05) is 5.69 Å². The molecule has 1 aliphatic heterocycles. The van der Waals surface area contributed by atoms with Gasteiger partial charge < -0.3 is 5.32 Å². The van der Waals surface area contributed by atoms with Gasteiger partial charge in [0.25, 0.3) is 0 Å². The Morgan fingerprint density at radius 2 is 1.56 bits per heavy atom. The van der Waals surface area contributed by atoms with Crippen LogP contribution in [0.2, 0.25) is 0 Å². The molecule has 4 nitrogen and oxygen atoms in total. The molecule has 2 spiro atoms. The maximum atomic E-state index is 13.2. The molecule has 2 N–H and O–H groups in total. The van der Waals surface area contributed by atoms with Crippen molar-refractivity contribution in [2.45, 2.75) is 75.4 Å². The fourth-order valence-electron chi connectivity index (χ4n) is 4.93. The highest BCUT2D eigenvalue weighted by atomic mass is 32.1. The zero-order chi connectivity index (χ0) is 17.3. The lowest BCUT2D eigenvalue weighted by Gasteiger charge is -2.41. The van der Waals surface area contributed by atoms with E-state index < -0.39 is 0 Å². The fraction of sp³-hybridized carbons (Fsp3) is 0.600. The van der Waals surface area contributed by atoms with Gasteiger partial charge in [0.15, 0.2) is 0 Å². The van der Waals surface area contributed by atoms with Crippen LogP contribution in [0.4, 0.5) is 10.5 Å². The molecule has 0 radical (unpaired) electrons. The predicted octanol–water partition coefficient (Wildman–Crippen LogP) is 4.81. The number of anilines is 1. The Kier molecular flexibility index (Phi) is 4.54. The molecule has 5 heteroatoms. The Balaban J connectivity index is 1.64. The highest BCUT2D eigenvalue weighted by Crippen LogP contribution is 2.45. The first-order valence-electron chi connectivity index (χ1n) is 9.65. The topological polar surface area (TPSA) is 44.4 Å². The van der Waals surface area contributed by atoms with Crippen molar-refractivity contribution in [3.63, 3.8) is 0 Å². The third kappa shape index (κ3) is 2.97. The zero-order valence-electron chi connectivity index (χ0n) is 14.7. The highest BCUT2D eigenvalue weighted by molar-refractivity contribution is 7.80. The van der Waals surface area contributed by atoms with Crippen LogP contribution in [0.5, 0.6) is 0 Å². The van der Waals surface area contributed by atoms with Crippen LogP contribution < -0.4 is 10.6 Å². The monoisotopic (exact) mass is 357 g/mol. The number of urea groups is 1. The molecule has 2 saturated carbocycles. The normalized spacial score (nSPS) is 24.6. The second-order valence-electron chi connectivity index (χ2n) is 7.80. The van der Waals surface area contributed by atoms with Gasteiger partial charge in [-0.2, -0.15) is 0 Å². The summed E-state index contributed by atoms with van der Waals surface area (Å²) in [4.78, 5) is 16.0. The van der Waals surface area contributed by atoms with E-state index >= 15 is 0 Å². The number of hydrogen-bond donors (Lipinski definition) is 2. The van der Waals surface area contributed by atoms with Crippen molar-refractivity contribution in [2.24, 2.45) is 0 Å². The standard InChI is InChI=1S/C20H27N3OS/c24-18(21-16-10-4-1-5-11-16)23-17(25)19(12-6-2-7-13-19)22-20(23)14-8-3-9-15-20/h1,4-5,10-11,22H,2-3,6-9,12-15H2,(H,21,24). The molecule has 0 unspecified atom stereocenters. The van der Waals surface area contributed by atoms with Crippen LogP contribution in [0, 0.1) is 0 Å². The van der Waals surface area contributed by atoms with Gasteiger partial charge in [0.05, 0.1) is 5.54 Å². The Bertz CT molecular complexity index is 648. The first kappa shape index (κ1) is 17.0. The maximum absolute atomic E-state index is 13.2. The quantitative estimate of drug-likeness (QED) is 0.709. The summed E-state index contributed by atoms with van der Waals surface area (Å²) in [6.07, 6.45) is 11.3. The smallest absolute Gasteiger partial charge is 0.307 e. The van der Waals surface area contributed by atoms with Gasteiger partial charge >= 0.3 is 6.03 Å². The van der Waals surface area contributed by atoms with E-state index in [4.69, 9.17) is 12.2 Å². The molecular weight excluding hydrogens is 330 g/mol. The van der Waals surface area contributed by atoms with Crippen LogP contribution in [0.15, 0.2) is 30.3 Å². The molecule has 0 atom stereocenters. The molecule has 1 aromatic rings. The van der Waals surface area contributed by atoms with E-state index in [0.717, 1.165) is 49.2 Å². The summed E-state index contributed by atoms with van der Waals surface area (Å²) in [6.45, 7) is 0. The summed E-state index contributed by atoms with van der Waals surface area (Å²) in [5, 5.41) is 6.98. The fourth-order valence-corrected chi connectivity index (χ4v) is 5.44. The SMILES string of the molecule is O=C(Nc1ccccc1)N1C(=S)C2(CCCCC2)NC12CCCCC2. The van der Waals surface area contributed by atoms with Crippen LogP contribution in [0.3, 0.4) is 0 Å². The Hall–Kier alpha value is -1.46. The van der Waals surface area contributed by atoms with Gasteiger partial charge in [-0.3, -0.25) is 10.2 Å². The molecule has 2 amide bonds. The summed E-state index contributed by atoms with van der Waals surface area (Å²) in [5.74, 6) is 0. The number of para-hydroxylation sites is 1. The van der Waals surface area contributed by atoms with Crippen LogP contribution in [-0.4, -0.2) is 27.1 Å². The Morgan fingerprint density at radius 1 is 0.960 bits per heavy atom. The summed E-state index contributed by atoms with van der Waals surface area (Å²) in [7, 11) is 0. The minimum Gasteiger partial charge on any atom is -0.307 e. The molecule has 25 heavy (non-hydrogen) atoms. The van der Waals surface area contributed by atoms with Gasteiger partial charge in [-0.15, -0.1) is 0 Å². The zero-order valence-corrected chi connectivity index (χ0v) is 15.5. The van der Waals surface area contributed by atoms with Crippen LogP contribution >= 0.6 is 12.2 Å². The van der Waals surface area contributed by atoms with Crippen molar-refractivity contribution in [3.05, 3.63) is 30.3 Å². The van der Waals surface area contributed by atoms with Gasteiger partial charge in [0.2, 0.25) is 0 Å². The van der Waals surface area contributed by atoms with E-state index in [1.54, 1.807) is 0 Å². The van der Waals surface area contributed by atoms with Crippen LogP contribution in [0.1, 0.15) is 64.2 Å². The number of hydrogen-bond acceptors (Lipinski definition) is 3. The average molecular weight is 358 g/mol. The van der Waals surface area contributed by atoms with Gasteiger partial charge in [-0.25, -0.2) is 4.79 Å². The molecule has 1 saturated heterocycles. The number of nitrogens with zero attached hydrogens (tertiary/aromatic N) is 1. The van der Waals surface area contributed by atoms with E-state index in [-0.39, 0.29) is 17.2 Å². The number of carbonyl (C=O) groups is 1. The van der Waals surface area contributed by atoms with Crippen molar-refractivity contribution < 1.29 is 4.79 Å². The van der Waals surface area contributed by atoms with Crippen molar-refractivity contribution in [2.75, 3.05) is 5.32 Å². The van der Waals surface area contributed by atoms with Gasteiger partial charge in [-0.05, 0) is 50.7 Å². The lowest BCUT2D eigenvalue weighted by molar-refractivity contribution is 0.113. The molecule has 2 aliphatic carbocycles. The van der Waals surface area contributed by atoms with E-state index in [1.165, 1.54) is 25.7 Å². The van der Waals surface area contributed by atoms with E-state index in [0.29, 0.717) is 0 Å². The largest absolute Gasteiger partial charge is 0.328 e. The molecule has 134 valence electrons. The minimum atomic E-state index is -0.286. The van der Waals surface area contributed by atoms with Gasteiger partial charge in [0.1, 0.15) is 10.7 Å². The number of amides is 2.